The molecular formula is C64H117NO10. The molecule has 8 unspecified atom stereocenters. The van der Waals surface area contributed by atoms with Crippen molar-refractivity contribution in [2.45, 2.75) is 333 Å². The number of rotatable bonds is 53. The number of aliphatic hydroxyl groups excluding tert-OH is 5. The van der Waals surface area contributed by atoms with Crippen molar-refractivity contribution in [1.82, 2.24) is 5.32 Å². The zero-order chi connectivity index (χ0) is 54.7. The van der Waals surface area contributed by atoms with Crippen molar-refractivity contribution in [2.75, 3.05) is 13.2 Å². The highest BCUT2D eigenvalue weighted by molar-refractivity contribution is 5.80. The number of ether oxygens (including phenoxy) is 3. The van der Waals surface area contributed by atoms with Gasteiger partial charge in [-0.15, -0.1) is 0 Å². The van der Waals surface area contributed by atoms with Crippen LogP contribution in [0.2, 0.25) is 0 Å². The molecule has 75 heavy (non-hydrogen) atoms. The van der Waals surface area contributed by atoms with Gasteiger partial charge in [-0.3, -0.25) is 9.59 Å². The summed E-state index contributed by atoms with van der Waals surface area (Å²) in [5, 5.41) is 56.9. The standard InChI is InChI=1S/C64H117NO10/c1-4-7-10-13-16-19-22-24-26-27-28-29-30-31-32-34-37-40-43-46-49-52-59(69)75-62-61(71)60(70)58(53-66)74-64(62)73-54-55(56(67)50-47-44-41-38-35-21-18-15-12-9-6-3)65-63(72)57(68)51-48-45-42-39-36-33-25-23-20-17-14-11-8-5-2/h16,19-20,23-24,26,47,50,55-58,60-62,64,66-68,70-71H,4-15,17-18,21-22,25,27-46,48-49,51-54H2,1-3H3,(H,65,72)/b19-16-,23-20-,26-24-,50-47+. The molecule has 1 heterocycles. The molecule has 0 aromatic rings. The van der Waals surface area contributed by atoms with Crippen LogP contribution >= 0.6 is 0 Å². The van der Waals surface area contributed by atoms with Crippen LogP contribution in [-0.2, 0) is 23.8 Å². The third-order valence-corrected chi connectivity index (χ3v) is 14.7. The number of hydrogen-bond donors (Lipinski definition) is 6. The molecule has 8 atom stereocenters. The van der Waals surface area contributed by atoms with Crippen molar-refractivity contribution >= 4 is 11.9 Å². The van der Waals surface area contributed by atoms with Gasteiger partial charge in [0.05, 0.1) is 25.4 Å². The van der Waals surface area contributed by atoms with Gasteiger partial charge in [0.15, 0.2) is 12.4 Å². The highest BCUT2D eigenvalue weighted by Gasteiger charge is 2.47. The number of carbonyl (C=O) groups is 2. The minimum absolute atomic E-state index is 0.121. The van der Waals surface area contributed by atoms with Crippen LogP contribution in [0.5, 0.6) is 0 Å². The highest BCUT2D eigenvalue weighted by Crippen LogP contribution is 2.26. The van der Waals surface area contributed by atoms with Crippen LogP contribution in [0.15, 0.2) is 48.6 Å². The minimum Gasteiger partial charge on any atom is -0.454 e. The molecule has 1 aliphatic heterocycles. The van der Waals surface area contributed by atoms with Gasteiger partial charge in [0.1, 0.15) is 24.4 Å². The van der Waals surface area contributed by atoms with Gasteiger partial charge in [-0.1, -0.05) is 243 Å². The van der Waals surface area contributed by atoms with Crippen LogP contribution in [0.3, 0.4) is 0 Å². The van der Waals surface area contributed by atoms with Crippen molar-refractivity contribution in [1.29, 1.82) is 0 Å². The van der Waals surface area contributed by atoms with Gasteiger partial charge in [0.25, 0.3) is 0 Å². The molecule has 0 saturated carbocycles. The maximum Gasteiger partial charge on any atom is 0.306 e. The first-order chi connectivity index (χ1) is 36.7. The second kappa shape index (κ2) is 52.3. The van der Waals surface area contributed by atoms with E-state index in [1.54, 1.807) is 6.08 Å². The topological polar surface area (TPSA) is 175 Å². The predicted molar refractivity (Wildman–Crippen MR) is 310 cm³/mol. The summed E-state index contributed by atoms with van der Waals surface area (Å²) in [7, 11) is 0. The predicted octanol–water partition coefficient (Wildman–Crippen LogP) is 14.8. The lowest BCUT2D eigenvalue weighted by molar-refractivity contribution is -0.305. The number of carbonyl (C=O) groups excluding carboxylic acids is 2. The largest absolute Gasteiger partial charge is 0.454 e. The first-order valence-electron chi connectivity index (χ1n) is 31.4. The second-order valence-corrected chi connectivity index (χ2v) is 21.8. The van der Waals surface area contributed by atoms with Crippen molar-refractivity contribution < 1.29 is 49.3 Å². The zero-order valence-electron chi connectivity index (χ0n) is 48.4. The monoisotopic (exact) mass is 1060 g/mol. The molecule has 0 aliphatic carbocycles. The van der Waals surface area contributed by atoms with E-state index < -0.39 is 67.4 Å². The number of esters is 1. The van der Waals surface area contributed by atoms with Gasteiger partial charge in [-0.2, -0.15) is 0 Å². The van der Waals surface area contributed by atoms with Gasteiger partial charge < -0.3 is 45.1 Å². The number of amides is 1. The molecule has 6 N–H and O–H groups in total. The Morgan fingerprint density at radius 1 is 0.520 bits per heavy atom. The fourth-order valence-electron chi connectivity index (χ4n) is 9.68. The van der Waals surface area contributed by atoms with Crippen molar-refractivity contribution in [3.8, 4) is 0 Å². The average molecular weight is 1060 g/mol. The molecule has 0 bridgehead atoms. The lowest BCUT2D eigenvalue weighted by Gasteiger charge is -2.41. The zero-order valence-corrected chi connectivity index (χ0v) is 48.4. The van der Waals surface area contributed by atoms with Gasteiger partial charge >= 0.3 is 5.97 Å². The van der Waals surface area contributed by atoms with E-state index in [1.165, 1.54) is 161 Å². The van der Waals surface area contributed by atoms with Crippen LogP contribution in [0.25, 0.3) is 0 Å². The Hall–Kier alpha value is -2.38. The Balaban J connectivity index is 2.63. The molecule has 11 heteroatoms. The Kier molecular flexibility index (Phi) is 49.3. The number of hydrogen-bond acceptors (Lipinski definition) is 10. The molecule has 0 aromatic carbocycles. The molecule has 438 valence electrons. The van der Waals surface area contributed by atoms with E-state index in [0.717, 1.165) is 77.0 Å². The van der Waals surface area contributed by atoms with E-state index in [9.17, 15) is 35.1 Å². The second-order valence-electron chi connectivity index (χ2n) is 21.8. The van der Waals surface area contributed by atoms with E-state index in [0.29, 0.717) is 12.8 Å². The SMILES string of the molecule is CCCCC/C=C\C/C=C\CCCCCCCCCCCCCC(=O)OC1C(OCC(NC(=O)C(O)CCCCCCCC/C=C\CCCCCC)C(O)/C=C/CCCCCCCCCCC)OC(CO)C(O)C1O. The van der Waals surface area contributed by atoms with Crippen LogP contribution in [-0.4, -0.2) is 99.6 Å². The van der Waals surface area contributed by atoms with Crippen molar-refractivity contribution in [3.63, 3.8) is 0 Å². The molecule has 1 fully saturated rings. The summed E-state index contributed by atoms with van der Waals surface area (Å²) in [6, 6.07) is -1.02. The Labute approximate surface area is 459 Å². The summed E-state index contributed by atoms with van der Waals surface area (Å²) >= 11 is 0. The Bertz CT molecular complexity index is 1400. The van der Waals surface area contributed by atoms with Crippen LogP contribution in [0.1, 0.15) is 284 Å². The van der Waals surface area contributed by atoms with Crippen molar-refractivity contribution in [3.05, 3.63) is 48.6 Å². The summed E-state index contributed by atoms with van der Waals surface area (Å²) in [4.78, 5) is 26.5. The van der Waals surface area contributed by atoms with E-state index >= 15 is 0 Å². The quantitative estimate of drug-likeness (QED) is 0.0195. The van der Waals surface area contributed by atoms with E-state index in [1.807, 2.05) is 6.08 Å². The normalized spacial score (nSPS) is 19.5. The number of unbranched alkanes of at least 4 members (excludes halogenated alkanes) is 33. The van der Waals surface area contributed by atoms with Gasteiger partial charge in [-0.25, -0.2) is 0 Å². The fraction of sp³-hybridized carbons (Fsp3) is 0.844. The average Bonchev–Trinajstić information content (AvgIpc) is 3.41. The van der Waals surface area contributed by atoms with Crippen LogP contribution in [0, 0.1) is 0 Å². The van der Waals surface area contributed by atoms with E-state index in [4.69, 9.17) is 14.2 Å². The lowest BCUT2D eigenvalue weighted by Crippen LogP contribution is -2.61. The maximum atomic E-state index is 13.4. The molecular weight excluding hydrogens is 943 g/mol. The minimum atomic E-state index is -1.61. The van der Waals surface area contributed by atoms with E-state index in [-0.39, 0.29) is 19.4 Å². The number of allylic oxidation sites excluding steroid dienone is 7. The molecule has 11 nitrogen and oxygen atoms in total. The number of nitrogens with one attached hydrogen (secondary N) is 1. The molecule has 1 aliphatic rings. The molecule has 0 aromatic heterocycles. The van der Waals surface area contributed by atoms with Gasteiger partial charge in [0.2, 0.25) is 5.91 Å². The third-order valence-electron chi connectivity index (χ3n) is 14.7. The molecule has 1 rings (SSSR count). The summed E-state index contributed by atoms with van der Waals surface area (Å²) in [6.45, 7) is 5.75. The summed E-state index contributed by atoms with van der Waals surface area (Å²) in [5.74, 6) is -1.20. The maximum absolute atomic E-state index is 13.4. The Morgan fingerprint density at radius 3 is 1.41 bits per heavy atom. The van der Waals surface area contributed by atoms with Crippen LogP contribution in [0.4, 0.5) is 0 Å². The first-order valence-corrected chi connectivity index (χ1v) is 31.4. The van der Waals surface area contributed by atoms with E-state index in [2.05, 4.69) is 62.5 Å². The fourth-order valence-corrected chi connectivity index (χ4v) is 9.68. The lowest BCUT2D eigenvalue weighted by atomic mass is 9.99. The smallest absolute Gasteiger partial charge is 0.306 e. The van der Waals surface area contributed by atoms with Crippen LogP contribution < -0.4 is 5.32 Å². The molecule has 0 radical (unpaired) electrons. The third kappa shape index (κ3) is 40.5. The van der Waals surface area contributed by atoms with Crippen molar-refractivity contribution in [2.24, 2.45) is 0 Å². The molecule has 0 spiro atoms. The first kappa shape index (κ1) is 70.6. The molecule has 1 amide bonds. The van der Waals surface area contributed by atoms with Gasteiger partial charge in [-0.05, 0) is 83.5 Å². The van der Waals surface area contributed by atoms with Gasteiger partial charge in [0, 0.05) is 6.42 Å². The highest BCUT2D eigenvalue weighted by atomic mass is 16.7. The summed E-state index contributed by atoms with van der Waals surface area (Å²) < 4.78 is 17.6. The summed E-state index contributed by atoms with van der Waals surface area (Å²) in [6.07, 6.45) is 52.9. The molecule has 1 saturated heterocycles. The number of aliphatic hydroxyl groups is 5. The Morgan fingerprint density at radius 2 is 0.920 bits per heavy atom. The summed E-state index contributed by atoms with van der Waals surface area (Å²) in [5.41, 5.74) is 0.